The highest BCUT2D eigenvalue weighted by molar-refractivity contribution is 9.29. The van der Waals surface area contributed by atoms with E-state index < -0.39 is 11.9 Å². The first-order chi connectivity index (χ1) is 9.23. The van der Waals surface area contributed by atoms with Crippen LogP contribution in [0.25, 0.3) is 0 Å². The van der Waals surface area contributed by atoms with Crippen LogP contribution in [0, 0.1) is 0 Å². The van der Waals surface area contributed by atoms with Gasteiger partial charge in [0, 0.05) is 12.2 Å². The van der Waals surface area contributed by atoms with Crippen LogP contribution in [0.1, 0.15) is 0 Å². The number of carbonyl (C=O) groups is 2. The van der Waals surface area contributed by atoms with Gasteiger partial charge in [-0.1, -0.05) is 31.9 Å². The molecule has 0 amide bonds. The number of hydrogen-bond donors (Lipinski definition) is 0. The van der Waals surface area contributed by atoms with Crippen LogP contribution in [0.15, 0.2) is 27.9 Å². The zero-order chi connectivity index (χ0) is 15.7. The average molecular weight is 670 g/mol. The Morgan fingerprint density at radius 1 is 0.700 bits per heavy atom. The Labute approximate surface area is 166 Å². The second-order valence-corrected chi connectivity index (χ2v) is 10.1. The molecule has 0 bridgehead atoms. The number of rotatable bonds is 6. The lowest BCUT2D eigenvalue weighted by molar-refractivity contribution is -0.139. The molecule has 20 heavy (non-hydrogen) atoms. The van der Waals surface area contributed by atoms with Crippen LogP contribution in [0.5, 0.6) is 0 Å². The predicted molar refractivity (Wildman–Crippen MR) is 98.7 cm³/mol. The Balaban J connectivity index is 4.17. The summed E-state index contributed by atoms with van der Waals surface area (Å²) in [5.74, 6) is -1.31. The normalized spacial score (nSPS) is 10.1. The molecule has 0 heterocycles. The molecular formula is C10H6Br6O4. The highest BCUT2D eigenvalue weighted by Crippen LogP contribution is 2.24. The zero-order valence-corrected chi connectivity index (χ0v) is 19.0. The average Bonchev–Trinajstić information content (AvgIpc) is 2.39. The third-order valence-electron chi connectivity index (χ3n) is 1.45. The monoisotopic (exact) mass is 664 g/mol. The van der Waals surface area contributed by atoms with E-state index >= 15 is 0 Å². The first kappa shape index (κ1) is 21.0. The van der Waals surface area contributed by atoms with Crippen molar-refractivity contribution in [3.63, 3.8) is 0 Å². The van der Waals surface area contributed by atoms with E-state index in [0.717, 1.165) is 12.2 Å². The second-order valence-electron chi connectivity index (χ2n) is 2.88. The van der Waals surface area contributed by atoms with Crippen LogP contribution >= 0.6 is 95.6 Å². The minimum absolute atomic E-state index is 0.0366. The van der Waals surface area contributed by atoms with Crippen LogP contribution in [-0.4, -0.2) is 25.2 Å². The Morgan fingerprint density at radius 3 is 1.25 bits per heavy atom. The second kappa shape index (κ2) is 11.6. The van der Waals surface area contributed by atoms with Crippen LogP contribution in [-0.2, 0) is 19.1 Å². The van der Waals surface area contributed by atoms with Crippen molar-refractivity contribution in [3.8, 4) is 0 Å². The first-order valence-corrected chi connectivity index (χ1v) is 9.40. The van der Waals surface area contributed by atoms with Gasteiger partial charge < -0.3 is 9.47 Å². The van der Waals surface area contributed by atoms with Crippen molar-refractivity contribution in [1.82, 2.24) is 0 Å². The van der Waals surface area contributed by atoms with E-state index in [-0.39, 0.29) is 13.2 Å². The van der Waals surface area contributed by atoms with Crippen molar-refractivity contribution in [2.45, 2.75) is 0 Å². The number of hydrogen-bond acceptors (Lipinski definition) is 4. The summed E-state index contributed by atoms with van der Waals surface area (Å²) in [6.07, 6.45) is 1.98. The third-order valence-corrected chi connectivity index (χ3v) is 6.74. The van der Waals surface area contributed by atoms with Crippen molar-refractivity contribution < 1.29 is 19.1 Å². The van der Waals surface area contributed by atoms with Crippen molar-refractivity contribution in [3.05, 3.63) is 27.9 Å². The molecule has 0 fully saturated rings. The fourth-order valence-electron chi connectivity index (χ4n) is 0.610. The Morgan fingerprint density at radius 2 is 1.00 bits per heavy atom. The van der Waals surface area contributed by atoms with Crippen molar-refractivity contribution >= 4 is 108 Å². The molecule has 0 aromatic carbocycles. The molecule has 0 radical (unpaired) electrons. The summed E-state index contributed by atoms with van der Waals surface area (Å²) >= 11 is 18.9. The van der Waals surface area contributed by atoms with Gasteiger partial charge in [0.2, 0.25) is 0 Å². The standard InChI is InChI=1S/C10H6Br6O4/c11-5(9(13)14)3-19-7(17)1-2-8(18)20-4-6(12)10(15)16/h1-2H,3-4H2. The summed E-state index contributed by atoms with van der Waals surface area (Å²) in [5.41, 5.74) is 0. The van der Waals surface area contributed by atoms with Crippen molar-refractivity contribution in [1.29, 1.82) is 0 Å². The molecule has 0 aliphatic heterocycles. The maximum Gasteiger partial charge on any atom is 0.331 e. The van der Waals surface area contributed by atoms with E-state index in [2.05, 4.69) is 95.6 Å². The van der Waals surface area contributed by atoms with Crippen LogP contribution in [0.2, 0.25) is 0 Å². The quantitative estimate of drug-likeness (QED) is 0.284. The van der Waals surface area contributed by atoms with E-state index in [1.165, 1.54) is 0 Å². The molecule has 0 unspecified atom stereocenters. The van der Waals surface area contributed by atoms with Gasteiger partial charge in [-0.25, -0.2) is 9.59 Å². The molecule has 0 N–H and O–H groups in total. The molecular weight excluding hydrogens is 664 g/mol. The summed E-state index contributed by atoms with van der Waals surface area (Å²) in [5, 5.41) is 0. The van der Waals surface area contributed by atoms with E-state index in [0.29, 0.717) is 15.7 Å². The van der Waals surface area contributed by atoms with Crippen LogP contribution in [0.4, 0.5) is 0 Å². The molecule has 4 nitrogen and oxygen atoms in total. The number of halogens is 6. The lowest BCUT2D eigenvalue weighted by Crippen LogP contribution is -2.06. The molecule has 0 spiro atoms. The molecule has 112 valence electrons. The van der Waals surface area contributed by atoms with Gasteiger partial charge in [-0.05, 0) is 63.7 Å². The minimum Gasteiger partial charge on any atom is -0.457 e. The van der Waals surface area contributed by atoms with E-state index in [1.807, 2.05) is 0 Å². The molecule has 0 rings (SSSR count). The fraction of sp³-hybridized carbons (Fsp3) is 0.200. The largest absolute Gasteiger partial charge is 0.457 e. The maximum atomic E-state index is 11.3. The van der Waals surface area contributed by atoms with Gasteiger partial charge in [-0.3, -0.25) is 0 Å². The van der Waals surface area contributed by atoms with Crippen LogP contribution in [0.3, 0.4) is 0 Å². The van der Waals surface area contributed by atoms with Crippen molar-refractivity contribution in [2.24, 2.45) is 0 Å². The van der Waals surface area contributed by atoms with Crippen molar-refractivity contribution in [2.75, 3.05) is 13.2 Å². The van der Waals surface area contributed by atoms with Gasteiger partial charge in [0.05, 0.1) is 15.7 Å². The smallest absolute Gasteiger partial charge is 0.331 e. The Hall–Kier alpha value is 1.04. The van der Waals surface area contributed by atoms with Gasteiger partial charge in [0.15, 0.2) is 0 Å². The topological polar surface area (TPSA) is 52.6 Å². The van der Waals surface area contributed by atoms with Crippen LogP contribution < -0.4 is 0 Å². The minimum atomic E-state index is -0.656. The van der Waals surface area contributed by atoms with Gasteiger partial charge in [0.25, 0.3) is 0 Å². The third kappa shape index (κ3) is 10.7. The fourth-order valence-corrected chi connectivity index (χ4v) is 1.30. The maximum absolute atomic E-state index is 11.3. The summed E-state index contributed by atoms with van der Waals surface area (Å²) in [7, 11) is 0. The molecule has 0 aromatic rings. The van der Waals surface area contributed by atoms with Gasteiger partial charge in [0.1, 0.15) is 13.2 Å². The molecule has 0 aromatic heterocycles. The predicted octanol–water partition coefficient (Wildman–Crippen LogP) is 5.34. The molecule has 0 aliphatic carbocycles. The first-order valence-electron chi connectivity index (χ1n) is 4.65. The summed E-state index contributed by atoms with van der Waals surface area (Å²) in [6, 6.07) is 0. The lowest BCUT2D eigenvalue weighted by Gasteiger charge is -2.02. The van der Waals surface area contributed by atoms with E-state index in [4.69, 9.17) is 9.47 Å². The molecule has 10 heteroatoms. The van der Waals surface area contributed by atoms with Gasteiger partial charge in [-0.2, -0.15) is 0 Å². The highest BCUT2D eigenvalue weighted by atomic mass is 79.9. The molecule has 0 atom stereocenters. The molecule has 0 aliphatic rings. The van der Waals surface area contributed by atoms with E-state index in [9.17, 15) is 9.59 Å². The Kier molecular flexibility index (Phi) is 12.2. The summed E-state index contributed by atoms with van der Waals surface area (Å²) < 4.78 is 12.2. The van der Waals surface area contributed by atoms with E-state index in [1.54, 1.807) is 0 Å². The SMILES string of the molecule is O=C(C=CC(=O)OCC(Br)=C(Br)Br)OCC(Br)=C(Br)Br. The van der Waals surface area contributed by atoms with Gasteiger partial charge in [-0.15, -0.1) is 0 Å². The van der Waals surface area contributed by atoms with Gasteiger partial charge >= 0.3 is 11.9 Å². The number of ether oxygens (including phenoxy) is 2. The summed E-state index contributed by atoms with van der Waals surface area (Å²) in [6.45, 7) is 0.0732. The summed E-state index contributed by atoms with van der Waals surface area (Å²) in [4.78, 5) is 22.6. The number of esters is 2. The Bertz CT molecular complexity index is 418. The number of carbonyl (C=O) groups excluding carboxylic acids is 2. The molecule has 0 saturated carbocycles. The zero-order valence-electron chi connectivity index (χ0n) is 9.47. The lowest BCUT2D eigenvalue weighted by atomic mass is 10.5. The molecule has 0 saturated heterocycles. The highest BCUT2D eigenvalue weighted by Gasteiger charge is 2.05.